The second-order valence-corrected chi connectivity index (χ2v) is 5.65. The van der Waals surface area contributed by atoms with E-state index in [4.69, 9.17) is 5.11 Å². The van der Waals surface area contributed by atoms with Gasteiger partial charge in [0.15, 0.2) is 0 Å². The molecule has 7 nitrogen and oxygen atoms in total. The number of carbonyl (C=O) groups is 2. The molecular weight excluding hydrogens is 288 g/mol. The van der Waals surface area contributed by atoms with Gasteiger partial charge >= 0.3 is 5.97 Å². The number of benzene rings is 1. The van der Waals surface area contributed by atoms with Crippen LogP contribution in [0.15, 0.2) is 24.3 Å². The van der Waals surface area contributed by atoms with Gasteiger partial charge in [0.2, 0.25) is 5.91 Å². The van der Waals surface area contributed by atoms with Crippen LogP contribution in [-0.2, 0) is 16.0 Å². The molecule has 2 rings (SSSR count). The van der Waals surface area contributed by atoms with Crippen LogP contribution in [0.25, 0.3) is 0 Å². The van der Waals surface area contributed by atoms with Crippen molar-refractivity contribution >= 4 is 17.6 Å². The molecule has 0 bridgehead atoms. The predicted octanol–water partition coefficient (Wildman–Crippen LogP) is 1.71. The number of hydrogen-bond donors (Lipinski definition) is 1. The molecule has 1 aromatic carbocycles. The Balaban J connectivity index is 2.00. The molecule has 1 amide bonds. The minimum Gasteiger partial charge on any atom is -0.481 e. The van der Waals surface area contributed by atoms with Gasteiger partial charge in [-0.3, -0.25) is 19.7 Å². The third-order valence-corrected chi connectivity index (χ3v) is 4.05. The van der Waals surface area contributed by atoms with Crippen LogP contribution in [-0.4, -0.2) is 39.9 Å². The minimum absolute atomic E-state index is 0.0387. The maximum absolute atomic E-state index is 12.3. The van der Waals surface area contributed by atoms with Gasteiger partial charge in [-0.25, -0.2) is 0 Å². The van der Waals surface area contributed by atoms with E-state index < -0.39 is 16.8 Å². The van der Waals surface area contributed by atoms with Crippen molar-refractivity contribution in [2.24, 2.45) is 11.8 Å². The van der Waals surface area contributed by atoms with Gasteiger partial charge in [0.25, 0.3) is 5.69 Å². The molecule has 0 aliphatic carbocycles. The summed E-state index contributed by atoms with van der Waals surface area (Å²) >= 11 is 0. The lowest BCUT2D eigenvalue weighted by molar-refractivity contribution is -0.384. The van der Waals surface area contributed by atoms with Crippen molar-refractivity contribution < 1.29 is 19.6 Å². The van der Waals surface area contributed by atoms with E-state index in [9.17, 15) is 19.7 Å². The van der Waals surface area contributed by atoms with Gasteiger partial charge in [-0.1, -0.05) is 19.1 Å². The molecule has 22 heavy (non-hydrogen) atoms. The van der Waals surface area contributed by atoms with Crippen molar-refractivity contribution in [3.63, 3.8) is 0 Å². The molecule has 1 aliphatic heterocycles. The number of nitro benzene ring substituents is 1. The smallest absolute Gasteiger partial charge is 0.306 e. The van der Waals surface area contributed by atoms with Crippen molar-refractivity contribution in [3.8, 4) is 0 Å². The average Bonchev–Trinajstić information content (AvgIpc) is 2.46. The number of hydrogen-bond acceptors (Lipinski definition) is 4. The first-order valence-electron chi connectivity index (χ1n) is 7.12. The van der Waals surface area contributed by atoms with Crippen LogP contribution in [0.3, 0.4) is 0 Å². The van der Waals surface area contributed by atoms with Crippen molar-refractivity contribution in [2.45, 2.75) is 19.8 Å². The Kier molecular flexibility index (Phi) is 4.75. The summed E-state index contributed by atoms with van der Waals surface area (Å²) in [6, 6.07) is 6.01. The zero-order valence-corrected chi connectivity index (χ0v) is 12.3. The third-order valence-electron chi connectivity index (χ3n) is 4.05. The van der Waals surface area contributed by atoms with Crippen LogP contribution >= 0.6 is 0 Å². The van der Waals surface area contributed by atoms with Crippen molar-refractivity contribution in [1.29, 1.82) is 0 Å². The zero-order chi connectivity index (χ0) is 16.3. The molecule has 7 heteroatoms. The summed E-state index contributed by atoms with van der Waals surface area (Å²) in [5.41, 5.74) is 0.551. The molecule has 1 aliphatic rings. The summed E-state index contributed by atoms with van der Waals surface area (Å²) < 4.78 is 0. The predicted molar refractivity (Wildman–Crippen MR) is 78.3 cm³/mol. The molecule has 118 valence electrons. The van der Waals surface area contributed by atoms with Gasteiger partial charge < -0.3 is 10.0 Å². The zero-order valence-electron chi connectivity index (χ0n) is 12.3. The molecule has 0 radical (unpaired) electrons. The Bertz CT molecular complexity index is 601. The van der Waals surface area contributed by atoms with E-state index in [1.165, 1.54) is 12.1 Å². The molecule has 1 N–H and O–H groups in total. The molecule has 1 heterocycles. The van der Waals surface area contributed by atoms with E-state index >= 15 is 0 Å². The molecule has 1 fully saturated rings. The molecule has 0 aromatic heterocycles. The third kappa shape index (κ3) is 3.60. The molecule has 0 saturated carbocycles. The molecule has 2 unspecified atom stereocenters. The summed E-state index contributed by atoms with van der Waals surface area (Å²) in [6.45, 7) is 2.64. The molecule has 2 atom stereocenters. The fraction of sp³-hybridized carbons (Fsp3) is 0.467. The Morgan fingerprint density at radius 3 is 2.77 bits per heavy atom. The highest BCUT2D eigenvalue weighted by atomic mass is 16.6. The van der Waals surface area contributed by atoms with Crippen LogP contribution in [0.1, 0.15) is 18.9 Å². The largest absolute Gasteiger partial charge is 0.481 e. The highest BCUT2D eigenvalue weighted by Crippen LogP contribution is 2.24. The standard InChI is InChI=1S/C15H18N2O5/c1-10-9-16(6-5-13(10)15(19)20)14(18)8-11-3-2-4-12(7-11)17(21)22/h2-4,7,10,13H,5-6,8-9H2,1H3,(H,19,20). The fourth-order valence-electron chi connectivity index (χ4n) is 2.81. The number of carboxylic acids is 1. The topological polar surface area (TPSA) is 101 Å². The summed E-state index contributed by atoms with van der Waals surface area (Å²) in [7, 11) is 0. The Morgan fingerprint density at radius 1 is 1.45 bits per heavy atom. The van der Waals surface area contributed by atoms with E-state index in [1.807, 2.05) is 6.92 Å². The molecule has 1 saturated heterocycles. The Morgan fingerprint density at radius 2 is 2.18 bits per heavy atom. The summed E-state index contributed by atoms with van der Waals surface area (Å²) in [5, 5.41) is 19.8. The van der Waals surface area contributed by atoms with Crippen molar-refractivity contribution in [3.05, 3.63) is 39.9 Å². The van der Waals surface area contributed by atoms with Gasteiger partial charge in [-0.15, -0.1) is 0 Å². The number of likely N-dealkylation sites (tertiary alicyclic amines) is 1. The molecular formula is C15H18N2O5. The Labute approximate surface area is 127 Å². The number of nitro groups is 1. The fourth-order valence-corrected chi connectivity index (χ4v) is 2.81. The van der Waals surface area contributed by atoms with Crippen molar-refractivity contribution in [1.82, 2.24) is 4.90 Å². The maximum atomic E-state index is 12.3. The number of piperidine rings is 1. The SMILES string of the molecule is CC1CN(C(=O)Cc2cccc([N+](=O)[O-])c2)CCC1C(=O)O. The lowest BCUT2D eigenvalue weighted by atomic mass is 9.87. The molecule has 0 spiro atoms. The summed E-state index contributed by atoms with van der Waals surface area (Å²) in [6.07, 6.45) is 0.531. The minimum atomic E-state index is -0.821. The van der Waals surface area contributed by atoms with Crippen LogP contribution in [0.2, 0.25) is 0 Å². The maximum Gasteiger partial charge on any atom is 0.306 e. The summed E-state index contributed by atoms with van der Waals surface area (Å²) in [4.78, 5) is 35.2. The number of amides is 1. The highest BCUT2D eigenvalue weighted by Gasteiger charge is 2.32. The average molecular weight is 306 g/mol. The van der Waals surface area contributed by atoms with Crippen LogP contribution in [0.5, 0.6) is 0 Å². The first kappa shape index (κ1) is 15.9. The van der Waals surface area contributed by atoms with Gasteiger partial charge in [0.05, 0.1) is 17.3 Å². The number of aliphatic carboxylic acids is 1. The van der Waals surface area contributed by atoms with E-state index in [0.29, 0.717) is 25.1 Å². The summed E-state index contributed by atoms with van der Waals surface area (Å²) in [5.74, 6) is -1.46. The second-order valence-electron chi connectivity index (χ2n) is 5.65. The number of carbonyl (C=O) groups excluding carboxylic acids is 1. The molecule has 1 aromatic rings. The van der Waals surface area contributed by atoms with Gasteiger partial charge in [-0.05, 0) is 17.9 Å². The lowest BCUT2D eigenvalue weighted by Crippen LogP contribution is -2.45. The second kappa shape index (κ2) is 6.55. The number of nitrogens with zero attached hydrogens (tertiary/aromatic N) is 2. The number of rotatable bonds is 4. The van der Waals surface area contributed by atoms with Gasteiger partial charge in [-0.2, -0.15) is 0 Å². The first-order chi connectivity index (χ1) is 10.4. The van der Waals surface area contributed by atoms with Gasteiger partial charge in [0.1, 0.15) is 0 Å². The van der Waals surface area contributed by atoms with Crippen LogP contribution in [0.4, 0.5) is 5.69 Å². The van der Waals surface area contributed by atoms with Gasteiger partial charge in [0, 0.05) is 25.2 Å². The van der Waals surface area contributed by atoms with Crippen LogP contribution in [0, 0.1) is 22.0 Å². The Hall–Kier alpha value is -2.44. The van der Waals surface area contributed by atoms with Crippen molar-refractivity contribution in [2.75, 3.05) is 13.1 Å². The van der Waals surface area contributed by atoms with E-state index in [0.717, 1.165) is 0 Å². The number of carboxylic acid groups (broad SMARTS) is 1. The normalized spacial score (nSPS) is 21.4. The highest BCUT2D eigenvalue weighted by molar-refractivity contribution is 5.79. The van der Waals surface area contributed by atoms with E-state index in [1.54, 1.807) is 17.0 Å². The quantitative estimate of drug-likeness (QED) is 0.674. The first-order valence-corrected chi connectivity index (χ1v) is 7.12. The lowest BCUT2D eigenvalue weighted by Gasteiger charge is -2.35. The monoisotopic (exact) mass is 306 g/mol. The number of non-ortho nitro benzene ring substituents is 1. The van der Waals surface area contributed by atoms with E-state index in [-0.39, 0.29) is 23.9 Å². The van der Waals surface area contributed by atoms with E-state index in [2.05, 4.69) is 0 Å². The van der Waals surface area contributed by atoms with Crippen LogP contribution < -0.4 is 0 Å².